The molecule has 0 spiro atoms. The predicted octanol–water partition coefficient (Wildman–Crippen LogP) is -1.35. The number of hydrogen-bond acceptors (Lipinski definition) is 8. The number of hydrogen-bond donors (Lipinski definition) is 1. The minimum atomic E-state index is -3.95. The minimum absolute atomic E-state index is 0.118. The van der Waals surface area contributed by atoms with Crippen molar-refractivity contribution in [1.82, 2.24) is 19.9 Å². The summed E-state index contributed by atoms with van der Waals surface area (Å²) in [6.07, 6.45) is 0.961. The third-order valence-electron chi connectivity index (χ3n) is 4.55. The first-order valence-corrected chi connectivity index (χ1v) is 9.02. The van der Waals surface area contributed by atoms with E-state index in [1.54, 1.807) is 6.92 Å². The maximum atomic E-state index is 12.8. The highest BCUT2D eigenvalue weighted by atomic mass is 32.2. The molecule has 25 heavy (non-hydrogen) atoms. The highest BCUT2D eigenvalue weighted by Gasteiger charge is 2.70. The van der Waals surface area contributed by atoms with Crippen LogP contribution in [-0.4, -0.2) is 74.0 Å². The number of fused-ring (bicyclic) bond motifs is 1. The van der Waals surface area contributed by atoms with Gasteiger partial charge in [-0.15, -0.1) is 5.10 Å². The largest absolute Gasteiger partial charge is 0.480 e. The van der Waals surface area contributed by atoms with Crippen molar-refractivity contribution in [2.45, 2.75) is 43.0 Å². The highest BCUT2D eigenvalue weighted by Crippen LogP contribution is 2.46. The molecule has 1 aromatic rings. The Morgan fingerprint density at radius 2 is 2.16 bits per heavy atom. The van der Waals surface area contributed by atoms with Gasteiger partial charge in [-0.25, -0.2) is 22.7 Å². The Kier molecular flexibility index (Phi) is 3.82. The number of rotatable bonds is 5. The topological polar surface area (TPSA) is 149 Å². The molecule has 2 saturated heterocycles. The Morgan fingerprint density at radius 1 is 1.48 bits per heavy atom. The average Bonchev–Trinajstić information content (AvgIpc) is 3.01. The maximum Gasteiger partial charge on any atom is 0.360 e. The molecule has 0 aliphatic carbocycles. The number of carbonyl (C=O) groups is 3. The molecule has 0 saturated carbocycles. The molecule has 2 aliphatic rings. The van der Waals surface area contributed by atoms with Crippen LogP contribution < -0.4 is 0 Å². The summed E-state index contributed by atoms with van der Waals surface area (Å²) < 4.78 is 29.6. The van der Waals surface area contributed by atoms with Gasteiger partial charge in [-0.2, -0.15) is 0 Å². The molecule has 3 rings (SSSR count). The summed E-state index contributed by atoms with van der Waals surface area (Å²) in [6.45, 7) is 2.65. The van der Waals surface area contributed by atoms with Crippen molar-refractivity contribution in [1.29, 1.82) is 0 Å². The molecule has 1 N–H and O–H groups in total. The second-order valence-corrected chi connectivity index (χ2v) is 8.65. The first kappa shape index (κ1) is 17.3. The van der Waals surface area contributed by atoms with E-state index in [2.05, 4.69) is 10.3 Å². The normalized spacial score (nSPS) is 29.8. The zero-order valence-corrected chi connectivity index (χ0v) is 14.3. The van der Waals surface area contributed by atoms with E-state index in [1.165, 1.54) is 13.1 Å². The van der Waals surface area contributed by atoms with Crippen molar-refractivity contribution in [3.05, 3.63) is 11.9 Å². The number of carbonyl (C=O) groups excluding carboxylic acids is 2. The number of amides is 1. The molecule has 11 nitrogen and oxygen atoms in total. The minimum Gasteiger partial charge on any atom is -0.480 e. The third-order valence-corrected chi connectivity index (χ3v) is 7.31. The Bertz CT molecular complexity index is 863. The molecule has 3 heterocycles. The number of sulfone groups is 1. The van der Waals surface area contributed by atoms with Gasteiger partial charge in [0, 0.05) is 0 Å². The SMILES string of the molecule is CCOC(=O)c1cn(C[C@@]2(C)[C@H](C(=O)O)N3C(=O)C[C@@H]3S2(=O)=O)nn1. The van der Waals surface area contributed by atoms with Crippen LogP contribution in [0.3, 0.4) is 0 Å². The van der Waals surface area contributed by atoms with Crippen LogP contribution in [0.5, 0.6) is 0 Å². The molecule has 136 valence electrons. The summed E-state index contributed by atoms with van der Waals surface area (Å²) in [4.78, 5) is 35.9. The number of carboxylic acids is 1. The standard InChI is InChI=1S/C13H16N4O7S/c1-3-24-12(21)7-5-16(15-14-7)6-13(2)10(11(19)20)17-8(18)4-9(17)25(13,22)23/h5,9-10H,3-4,6H2,1-2H3,(H,19,20)/t9-,10-,13-/m0/s1. The molecule has 3 atom stereocenters. The highest BCUT2D eigenvalue weighted by molar-refractivity contribution is 7.93. The fraction of sp³-hybridized carbons (Fsp3) is 0.615. The number of ether oxygens (including phenoxy) is 1. The molecular formula is C13H16N4O7S. The molecule has 1 aromatic heterocycles. The van der Waals surface area contributed by atoms with Crippen molar-refractivity contribution < 1.29 is 32.6 Å². The Morgan fingerprint density at radius 3 is 2.72 bits per heavy atom. The van der Waals surface area contributed by atoms with Gasteiger partial charge in [-0.3, -0.25) is 4.79 Å². The number of esters is 1. The van der Waals surface area contributed by atoms with Gasteiger partial charge in [0.15, 0.2) is 21.6 Å². The van der Waals surface area contributed by atoms with Crippen LogP contribution in [0.4, 0.5) is 0 Å². The van der Waals surface area contributed by atoms with Gasteiger partial charge in [-0.05, 0) is 13.8 Å². The average molecular weight is 372 g/mol. The molecule has 0 unspecified atom stereocenters. The third kappa shape index (κ3) is 2.31. The predicted molar refractivity (Wildman–Crippen MR) is 80.0 cm³/mol. The van der Waals surface area contributed by atoms with Gasteiger partial charge >= 0.3 is 11.9 Å². The quantitative estimate of drug-likeness (QED) is 0.489. The zero-order chi connectivity index (χ0) is 18.6. The van der Waals surface area contributed by atoms with Crippen LogP contribution in [0.2, 0.25) is 0 Å². The van der Waals surface area contributed by atoms with Gasteiger partial charge in [0.1, 0.15) is 10.1 Å². The summed E-state index contributed by atoms with van der Waals surface area (Å²) in [5, 5.41) is 15.6. The molecule has 2 aliphatic heterocycles. The summed E-state index contributed by atoms with van der Waals surface area (Å²) in [6, 6.07) is -1.53. The summed E-state index contributed by atoms with van der Waals surface area (Å²) in [5.74, 6) is -2.65. The summed E-state index contributed by atoms with van der Waals surface area (Å²) in [7, 11) is -3.95. The van der Waals surface area contributed by atoms with Crippen molar-refractivity contribution in [2.24, 2.45) is 0 Å². The number of β-lactam (4-membered cyclic amide) rings is 1. The van der Waals surface area contributed by atoms with Crippen LogP contribution in [0, 0.1) is 0 Å². The van der Waals surface area contributed by atoms with Crippen LogP contribution in [-0.2, 0) is 30.7 Å². The van der Waals surface area contributed by atoms with E-state index < -0.39 is 43.8 Å². The Labute approximate surface area is 142 Å². The summed E-state index contributed by atoms with van der Waals surface area (Å²) >= 11 is 0. The zero-order valence-electron chi connectivity index (χ0n) is 13.4. The van der Waals surface area contributed by atoms with Gasteiger partial charge < -0.3 is 14.7 Å². The van der Waals surface area contributed by atoms with E-state index >= 15 is 0 Å². The molecule has 2 fully saturated rings. The van der Waals surface area contributed by atoms with Gasteiger partial charge in [0.05, 0.1) is 25.8 Å². The monoisotopic (exact) mass is 372 g/mol. The van der Waals surface area contributed by atoms with E-state index in [-0.39, 0.29) is 25.3 Å². The van der Waals surface area contributed by atoms with Crippen molar-refractivity contribution in [2.75, 3.05) is 6.61 Å². The lowest BCUT2D eigenvalue weighted by atomic mass is 9.96. The van der Waals surface area contributed by atoms with E-state index in [4.69, 9.17) is 4.74 Å². The number of carboxylic acid groups (broad SMARTS) is 1. The first-order valence-electron chi connectivity index (χ1n) is 7.48. The van der Waals surface area contributed by atoms with Crippen molar-refractivity contribution in [3.63, 3.8) is 0 Å². The number of nitrogens with zero attached hydrogens (tertiary/aromatic N) is 4. The Balaban J connectivity index is 1.95. The van der Waals surface area contributed by atoms with Crippen LogP contribution >= 0.6 is 0 Å². The lowest BCUT2D eigenvalue weighted by Crippen LogP contribution is -2.58. The van der Waals surface area contributed by atoms with E-state index in [0.717, 1.165) is 9.58 Å². The fourth-order valence-corrected chi connectivity index (χ4v) is 5.64. The lowest BCUT2D eigenvalue weighted by Gasteiger charge is -2.35. The van der Waals surface area contributed by atoms with Crippen LogP contribution in [0.1, 0.15) is 30.8 Å². The first-order chi connectivity index (χ1) is 11.6. The molecule has 0 bridgehead atoms. The summed E-state index contributed by atoms with van der Waals surface area (Å²) in [5.41, 5.74) is -0.118. The second kappa shape index (κ2) is 5.51. The van der Waals surface area contributed by atoms with Crippen molar-refractivity contribution >= 4 is 27.7 Å². The molecule has 12 heteroatoms. The van der Waals surface area contributed by atoms with Gasteiger partial charge in [0.2, 0.25) is 5.91 Å². The number of aliphatic carboxylic acids is 1. The molecular weight excluding hydrogens is 356 g/mol. The molecule has 0 radical (unpaired) electrons. The lowest BCUT2D eigenvalue weighted by molar-refractivity contribution is -0.157. The molecule has 0 aromatic carbocycles. The maximum absolute atomic E-state index is 12.8. The van der Waals surface area contributed by atoms with Crippen LogP contribution in [0.25, 0.3) is 0 Å². The van der Waals surface area contributed by atoms with Gasteiger partial charge in [0.25, 0.3) is 0 Å². The molecule has 1 amide bonds. The number of aromatic nitrogens is 3. The smallest absolute Gasteiger partial charge is 0.360 e. The van der Waals surface area contributed by atoms with Crippen molar-refractivity contribution in [3.8, 4) is 0 Å². The van der Waals surface area contributed by atoms with E-state index in [1.807, 2.05) is 0 Å². The van der Waals surface area contributed by atoms with Crippen LogP contribution in [0.15, 0.2) is 6.20 Å². The fourth-order valence-electron chi connectivity index (χ4n) is 3.28. The van der Waals surface area contributed by atoms with Gasteiger partial charge in [-0.1, -0.05) is 5.21 Å². The second-order valence-electron chi connectivity index (χ2n) is 6.08. The van der Waals surface area contributed by atoms with E-state index in [0.29, 0.717) is 0 Å². The van der Waals surface area contributed by atoms with E-state index in [9.17, 15) is 27.9 Å². The Hall–Kier alpha value is -2.50.